The molecule has 0 unspecified atom stereocenters. The molecule has 2 aromatic heterocycles. The molecule has 0 radical (unpaired) electrons. The van der Waals surface area contributed by atoms with Gasteiger partial charge in [-0.25, -0.2) is 15.0 Å². The van der Waals surface area contributed by atoms with Gasteiger partial charge < -0.3 is 9.47 Å². The van der Waals surface area contributed by atoms with Crippen LogP contribution in [0.25, 0.3) is 10.9 Å². The summed E-state index contributed by atoms with van der Waals surface area (Å²) < 4.78 is 12.9. The van der Waals surface area contributed by atoms with E-state index in [-0.39, 0.29) is 0 Å². The van der Waals surface area contributed by atoms with Gasteiger partial charge in [-0.2, -0.15) is 5.10 Å². The molecule has 0 bridgehead atoms. The predicted octanol–water partition coefficient (Wildman–Crippen LogP) is 2.35. The van der Waals surface area contributed by atoms with Crippen molar-refractivity contribution in [3.63, 3.8) is 0 Å². The summed E-state index contributed by atoms with van der Waals surface area (Å²) in [5.74, 6) is 1.23. The van der Waals surface area contributed by atoms with Crippen LogP contribution in [-0.4, -0.2) is 38.4 Å². The summed E-state index contributed by atoms with van der Waals surface area (Å²) in [6.07, 6.45) is 5.41. The highest BCUT2D eigenvalue weighted by atomic mass is 35.5. The summed E-state index contributed by atoms with van der Waals surface area (Å²) in [5.41, 5.74) is 0.715. The van der Waals surface area contributed by atoms with Gasteiger partial charge in [0.2, 0.25) is 0 Å². The molecule has 0 atom stereocenters. The van der Waals surface area contributed by atoms with Crippen LogP contribution < -0.4 is 9.47 Å². The third-order valence-electron chi connectivity index (χ3n) is 3.13. The number of aromatic nitrogens is 5. The monoisotopic (exact) mass is 319 g/mol. The molecule has 3 aromatic rings. The molecule has 7 nitrogen and oxygen atoms in total. The Kier molecular flexibility index (Phi) is 4.34. The second-order valence-corrected chi connectivity index (χ2v) is 4.90. The van der Waals surface area contributed by atoms with Gasteiger partial charge in [-0.1, -0.05) is 11.6 Å². The van der Waals surface area contributed by atoms with Crippen LogP contribution in [0.4, 0.5) is 0 Å². The molecule has 1 aromatic carbocycles. The van der Waals surface area contributed by atoms with Crippen molar-refractivity contribution in [2.75, 3.05) is 13.7 Å². The molecule has 2 heterocycles. The molecule has 0 N–H and O–H groups in total. The average Bonchev–Trinajstić information content (AvgIpc) is 3.04. The maximum Gasteiger partial charge on any atom is 0.163 e. The van der Waals surface area contributed by atoms with Crippen LogP contribution in [0.15, 0.2) is 31.1 Å². The van der Waals surface area contributed by atoms with Crippen molar-refractivity contribution < 1.29 is 9.47 Å². The van der Waals surface area contributed by atoms with Crippen LogP contribution in [0.2, 0.25) is 5.15 Å². The van der Waals surface area contributed by atoms with Crippen LogP contribution >= 0.6 is 11.6 Å². The Morgan fingerprint density at radius 3 is 2.86 bits per heavy atom. The zero-order chi connectivity index (χ0) is 15.4. The summed E-state index contributed by atoms with van der Waals surface area (Å²) in [7, 11) is 1.58. The van der Waals surface area contributed by atoms with Crippen LogP contribution in [0.1, 0.15) is 6.42 Å². The second kappa shape index (κ2) is 6.57. The minimum absolute atomic E-state index is 0.390. The molecule has 22 heavy (non-hydrogen) atoms. The molecule has 114 valence electrons. The fourth-order valence-electron chi connectivity index (χ4n) is 2.06. The van der Waals surface area contributed by atoms with Crippen LogP contribution in [0.3, 0.4) is 0 Å². The number of aryl methyl sites for hydroxylation is 1. The number of halogens is 1. The zero-order valence-corrected chi connectivity index (χ0v) is 12.7. The second-order valence-electron chi connectivity index (χ2n) is 4.55. The van der Waals surface area contributed by atoms with E-state index in [4.69, 9.17) is 21.1 Å². The van der Waals surface area contributed by atoms with E-state index in [0.717, 1.165) is 18.4 Å². The molecule has 8 heteroatoms. The molecular weight excluding hydrogens is 306 g/mol. The Hall–Kier alpha value is -2.41. The van der Waals surface area contributed by atoms with Crippen molar-refractivity contribution in [1.29, 1.82) is 0 Å². The van der Waals surface area contributed by atoms with Crippen molar-refractivity contribution >= 4 is 22.5 Å². The van der Waals surface area contributed by atoms with E-state index < -0.39 is 0 Å². The first-order valence-electron chi connectivity index (χ1n) is 6.71. The quantitative estimate of drug-likeness (QED) is 0.513. The van der Waals surface area contributed by atoms with E-state index in [1.54, 1.807) is 30.3 Å². The Morgan fingerprint density at radius 2 is 2.09 bits per heavy atom. The molecular formula is C14H14ClN5O2. The number of hydrogen-bond acceptors (Lipinski definition) is 6. The molecule has 0 aliphatic rings. The molecule has 3 rings (SSSR count). The maximum atomic E-state index is 6.06. The molecule has 0 aliphatic heterocycles. The first-order chi connectivity index (χ1) is 10.8. The minimum atomic E-state index is 0.390. The third-order valence-corrected chi connectivity index (χ3v) is 3.43. The number of benzene rings is 1. The molecule has 0 saturated heterocycles. The normalized spacial score (nSPS) is 10.8. The standard InChI is InChI=1S/C14H14ClN5O2/c1-21-12-5-10-11(17-8-18-14(10)15)6-13(12)22-4-2-3-20-9-16-7-19-20/h5-9H,2-4H2,1H3. The highest BCUT2D eigenvalue weighted by Crippen LogP contribution is 2.33. The molecule has 0 fully saturated rings. The lowest BCUT2D eigenvalue weighted by Crippen LogP contribution is -2.05. The van der Waals surface area contributed by atoms with E-state index in [1.807, 2.05) is 0 Å². The van der Waals surface area contributed by atoms with Crippen molar-refractivity contribution in [1.82, 2.24) is 24.7 Å². The van der Waals surface area contributed by atoms with Gasteiger partial charge in [0.25, 0.3) is 0 Å². The van der Waals surface area contributed by atoms with Crippen molar-refractivity contribution in [3.05, 3.63) is 36.3 Å². The lowest BCUT2D eigenvalue weighted by Gasteiger charge is -2.12. The molecule has 0 amide bonds. The van der Waals surface area contributed by atoms with Crippen molar-refractivity contribution in [2.45, 2.75) is 13.0 Å². The van der Waals surface area contributed by atoms with E-state index in [2.05, 4.69) is 20.1 Å². The number of fused-ring (bicyclic) bond motifs is 1. The molecule has 0 spiro atoms. The largest absolute Gasteiger partial charge is 0.493 e. The summed E-state index contributed by atoms with van der Waals surface area (Å²) in [5, 5.41) is 5.16. The summed E-state index contributed by atoms with van der Waals surface area (Å²) in [4.78, 5) is 12.0. The first kappa shape index (κ1) is 14.5. The first-order valence-corrected chi connectivity index (χ1v) is 7.09. The van der Waals surface area contributed by atoms with Gasteiger partial charge in [-0.3, -0.25) is 4.68 Å². The maximum absolute atomic E-state index is 6.06. The van der Waals surface area contributed by atoms with E-state index >= 15 is 0 Å². The van der Waals surface area contributed by atoms with Gasteiger partial charge in [0.1, 0.15) is 24.1 Å². The molecule has 0 saturated carbocycles. The number of ether oxygens (including phenoxy) is 2. The Balaban J connectivity index is 1.72. The molecule has 0 aliphatic carbocycles. The highest BCUT2D eigenvalue weighted by Gasteiger charge is 2.10. The zero-order valence-electron chi connectivity index (χ0n) is 11.9. The Morgan fingerprint density at radius 1 is 1.18 bits per heavy atom. The van der Waals surface area contributed by atoms with Crippen molar-refractivity contribution in [2.24, 2.45) is 0 Å². The minimum Gasteiger partial charge on any atom is -0.493 e. The van der Waals surface area contributed by atoms with Gasteiger partial charge >= 0.3 is 0 Å². The Bertz CT molecular complexity index is 763. The fraction of sp³-hybridized carbons (Fsp3) is 0.286. The lowest BCUT2D eigenvalue weighted by molar-refractivity contribution is 0.281. The number of nitrogens with zero attached hydrogens (tertiary/aromatic N) is 5. The Labute approximate surface area is 131 Å². The number of methoxy groups -OCH3 is 1. The van der Waals surface area contributed by atoms with E-state index in [0.29, 0.717) is 28.8 Å². The number of rotatable bonds is 6. The van der Waals surface area contributed by atoms with E-state index in [1.165, 1.54) is 12.7 Å². The van der Waals surface area contributed by atoms with Gasteiger partial charge in [0.05, 0.1) is 19.2 Å². The van der Waals surface area contributed by atoms with Crippen molar-refractivity contribution in [3.8, 4) is 11.5 Å². The predicted molar refractivity (Wildman–Crippen MR) is 81.2 cm³/mol. The topological polar surface area (TPSA) is 75.0 Å². The SMILES string of the molecule is COc1cc2c(Cl)ncnc2cc1OCCCn1cncn1. The third kappa shape index (κ3) is 3.09. The highest BCUT2D eigenvalue weighted by molar-refractivity contribution is 6.34. The van der Waals surface area contributed by atoms with E-state index in [9.17, 15) is 0 Å². The van der Waals surface area contributed by atoms with Gasteiger partial charge in [0.15, 0.2) is 11.5 Å². The van der Waals surface area contributed by atoms with Crippen LogP contribution in [0.5, 0.6) is 11.5 Å². The van der Waals surface area contributed by atoms with Crippen LogP contribution in [0, 0.1) is 0 Å². The van der Waals surface area contributed by atoms with Gasteiger partial charge in [-0.15, -0.1) is 0 Å². The average molecular weight is 320 g/mol. The van der Waals surface area contributed by atoms with Gasteiger partial charge in [0, 0.05) is 24.4 Å². The van der Waals surface area contributed by atoms with Gasteiger partial charge in [-0.05, 0) is 6.07 Å². The number of hydrogen-bond donors (Lipinski definition) is 0. The van der Waals surface area contributed by atoms with Crippen LogP contribution in [-0.2, 0) is 6.54 Å². The fourth-order valence-corrected chi connectivity index (χ4v) is 2.26. The smallest absolute Gasteiger partial charge is 0.163 e. The summed E-state index contributed by atoms with van der Waals surface area (Å²) in [6, 6.07) is 3.58. The summed E-state index contributed by atoms with van der Waals surface area (Å²) >= 11 is 6.06. The summed E-state index contributed by atoms with van der Waals surface area (Å²) in [6.45, 7) is 1.27. The lowest BCUT2D eigenvalue weighted by atomic mass is 10.2.